The van der Waals surface area contributed by atoms with Crippen LogP contribution in [0.3, 0.4) is 0 Å². The fourth-order valence-corrected chi connectivity index (χ4v) is 2.01. The molecule has 2 heteroatoms. The Hall–Kier alpha value is -0.370. The van der Waals surface area contributed by atoms with Crippen LogP contribution in [0.25, 0.3) is 0 Å². The standard InChI is InChI=1S/C10H18NS/c1-8(2)9-6-11(7-12-9)10(3,4)5/h6-8H,1-5H3/q+1. The Morgan fingerprint density at radius 1 is 1.33 bits per heavy atom. The highest BCUT2D eigenvalue weighted by atomic mass is 32.1. The summed E-state index contributed by atoms with van der Waals surface area (Å²) < 4.78 is 2.28. The molecule has 0 aliphatic carbocycles. The summed E-state index contributed by atoms with van der Waals surface area (Å²) in [5.74, 6) is 0.651. The summed E-state index contributed by atoms with van der Waals surface area (Å²) in [7, 11) is 0. The molecule has 1 nitrogen and oxygen atoms in total. The van der Waals surface area contributed by atoms with Gasteiger partial charge in [0.25, 0.3) is 0 Å². The highest BCUT2D eigenvalue weighted by molar-refractivity contribution is 7.09. The summed E-state index contributed by atoms with van der Waals surface area (Å²) in [5.41, 5.74) is 2.43. The Bertz CT molecular complexity index is 255. The normalized spacial score (nSPS) is 12.5. The van der Waals surface area contributed by atoms with Gasteiger partial charge in [-0.1, -0.05) is 25.2 Å². The second-order valence-corrected chi connectivity index (χ2v) is 5.41. The van der Waals surface area contributed by atoms with E-state index in [0.717, 1.165) is 0 Å². The molecule has 0 spiro atoms. The summed E-state index contributed by atoms with van der Waals surface area (Å²) >= 11 is 1.85. The van der Waals surface area contributed by atoms with Crippen LogP contribution >= 0.6 is 11.3 Å². The fraction of sp³-hybridized carbons (Fsp3) is 0.700. The molecule has 0 fully saturated rings. The summed E-state index contributed by atoms with van der Waals surface area (Å²) in [6.45, 7) is 11.1. The zero-order valence-corrected chi connectivity index (χ0v) is 9.40. The molecular formula is C10H18NS+. The van der Waals surface area contributed by atoms with E-state index in [9.17, 15) is 0 Å². The highest BCUT2D eigenvalue weighted by Gasteiger charge is 2.23. The topological polar surface area (TPSA) is 3.88 Å². The largest absolute Gasteiger partial charge is 0.225 e. The quantitative estimate of drug-likeness (QED) is 0.591. The van der Waals surface area contributed by atoms with Crippen LogP contribution in [0.2, 0.25) is 0 Å². The number of nitrogens with zero attached hydrogens (tertiary/aromatic N) is 1. The van der Waals surface area contributed by atoms with Crippen molar-refractivity contribution >= 4 is 11.3 Å². The fourth-order valence-electron chi connectivity index (χ4n) is 0.952. The predicted octanol–water partition coefficient (Wildman–Crippen LogP) is 2.91. The molecule has 12 heavy (non-hydrogen) atoms. The van der Waals surface area contributed by atoms with Crippen molar-refractivity contribution in [1.82, 2.24) is 0 Å². The monoisotopic (exact) mass is 184 g/mol. The van der Waals surface area contributed by atoms with Gasteiger partial charge in [-0.25, -0.2) is 0 Å². The van der Waals surface area contributed by atoms with Crippen LogP contribution in [0, 0.1) is 0 Å². The van der Waals surface area contributed by atoms with Crippen LogP contribution in [0.5, 0.6) is 0 Å². The van der Waals surface area contributed by atoms with Crippen LogP contribution < -0.4 is 4.57 Å². The number of hydrogen-bond donors (Lipinski definition) is 0. The SMILES string of the molecule is CC(C)c1c[n+](C(C)(C)C)cs1. The molecule has 0 atom stereocenters. The first-order valence-corrected chi connectivity index (χ1v) is 5.29. The third-order valence-corrected chi connectivity index (χ3v) is 3.09. The average Bonchev–Trinajstić information content (AvgIpc) is 2.30. The molecule has 0 bridgehead atoms. The minimum Gasteiger partial charge on any atom is -0.191 e. The molecule has 1 aromatic rings. The Morgan fingerprint density at radius 2 is 1.92 bits per heavy atom. The van der Waals surface area contributed by atoms with E-state index in [1.807, 2.05) is 11.3 Å². The van der Waals surface area contributed by atoms with Crippen molar-refractivity contribution in [3.05, 3.63) is 16.6 Å². The molecule has 0 radical (unpaired) electrons. The molecule has 0 saturated carbocycles. The van der Waals surface area contributed by atoms with E-state index in [-0.39, 0.29) is 5.54 Å². The molecule has 68 valence electrons. The van der Waals surface area contributed by atoms with Gasteiger partial charge in [0.2, 0.25) is 5.51 Å². The van der Waals surface area contributed by atoms with Gasteiger partial charge >= 0.3 is 0 Å². The molecular weight excluding hydrogens is 166 g/mol. The van der Waals surface area contributed by atoms with E-state index in [1.54, 1.807) is 0 Å². The molecule has 1 rings (SSSR count). The van der Waals surface area contributed by atoms with Crippen LogP contribution in [0.4, 0.5) is 0 Å². The van der Waals surface area contributed by atoms with E-state index in [0.29, 0.717) is 5.92 Å². The number of rotatable bonds is 1. The van der Waals surface area contributed by atoms with Crippen molar-refractivity contribution in [2.75, 3.05) is 0 Å². The first-order chi connectivity index (χ1) is 5.41. The molecule has 1 heterocycles. The molecule has 0 amide bonds. The van der Waals surface area contributed by atoms with Crippen molar-refractivity contribution in [3.63, 3.8) is 0 Å². The van der Waals surface area contributed by atoms with Gasteiger partial charge < -0.3 is 0 Å². The summed E-state index contributed by atoms with van der Waals surface area (Å²) in [5, 5.41) is 0. The Kier molecular flexibility index (Phi) is 2.57. The van der Waals surface area contributed by atoms with E-state index >= 15 is 0 Å². The smallest absolute Gasteiger partial charge is 0.191 e. The summed E-state index contributed by atoms with van der Waals surface area (Å²) in [4.78, 5) is 1.46. The van der Waals surface area contributed by atoms with Crippen molar-refractivity contribution < 1.29 is 4.57 Å². The molecule has 0 N–H and O–H groups in total. The zero-order chi connectivity index (χ0) is 9.35. The molecule has 1 aromatic heterocycles. The van der Waals surface area contributed by atoms with E-state index in [1.165, 1.54) is 4.88 Å². The first-order valence-electron chi connectivity index (χ1n) is 4.41. The van der Waals surface area contributed by atoms with Gasteiger partial charge in [0.1, 0.15) is 0 Å². The van der Waals surface area contributed by atoms with Crippen molar-refractivity contribution in [3.8, 4) is 0 Å². The van der Waals surface area contributed by atoms with Crippen LogP contribution in [0.1, 0.15) is 45.4 Å². The number of aromatic nitrogens is 1. The lowest BCUT2D eigenvalue weighted by atomic mass is 10.1. The van der Waals surface area contributed by atoms with Gasteiger partial charge in [-0.2, -0.15) is 4.57 Å². The third-order valence-electron chi connectivity index (χ3n) is 1.91. The van der Waals surface area contributed by atoms with Gasteiger partial charge in [0.15, 0.2) is 11.7 Å². The van der Waals surface area contributed by atoms with Crippen molar-refractivity contribution in [2.45, 2.75) is 46.1 Å². The van der Waals surface area contributed by atoms with E-state index < -0.39 is 0 Å². The number of hydrogen-bond acceptors (Lipinski definition) is 1. The maximum Gasteiger partial charge on any atom is 0.225 e. The Balaban J connectivity index is 2.92. The molecule has 0 aliphatic heterocycles. The molecule has 0 unspecified atom stereocenters. The molecule has 0 aliphatic rings. The van der Waals surface area contributed by atoms with Gasteiger partial charge in [0, 0.05) is 20.8 Å². The predicted molar refractivity (Wildman–Crippen MR) is 53.6 cm³/mol. The van der Waals surface area contributed by atoms with Crippen molar-refractivity contribution in [2.24, 2.45) is 0 Å². The lowest BCUT2D eigenvalue weighted by Gasteiger charge is -2.09. The highest BCUT2D eigenvalue weighted by Crippen LogP contribution is 2.18. The maximum atomic E-state index is 2.28. The van der Waals surface area contributed by atoms with Crippen LogP contribution in [-0.4, -0.2) is 0 Å². The number of thiazole rings is 1. The summed E-state index contributed by atoms with van der Waals surface area (Å²) in [6, 6.07) is 0. The second kappa shape index (κ2) is 3.17. The van der Waals surface area contributed by atoms with Crippen LogP contribution in [0.15, 0.2) is 11.7 Å². The van der Waals surface area contributed by atoms with Gasteiger partial charge in [-0.3, -0.25) is 0 Å². The molecule has 0 aromatic carbocycles. The third kappa shape index (κ3) is 2.07. The van der Waals surface area contributed by atoms with Crippen LogP contribution in [-0.2, 0) is 5.54 Å². The van der Waals surface area contributed by atoms with E-state index in [4.69, 9.17) is 0 Å². The second-order valence-electron chi connectivity index (χ2n) is 4.49. The maximum absolute atomic E-state index is 2.28. The summed E-state index contributed by atoms with van der Waals surface area (Å²) in [6.07, 6.45) is 2.26. The van der Waals surface area contributed by atoms with Gasteiger partial charge in [0.05, 0.1) is 4.88 Å². The Labute approximate surface area is 79.1 Å². The van der Waals surface area contributed by atoms with Gasteiger partial charge in [-0.05, 0) is 5.92 Å². The first kappa shape index (κ1) is 9.72. The lowest BCUT2D eigenvalue weighted by Crippen LogP contribution is -2.48. The van der Waals surface area contributed by atoms with Gasteiger partial charge in [-0.15, -0.1) is 0 Å². The van der Waals surface area contributed by atoms with Crippen molar-refractivity contribution in [1.29, 1.82) is 0 Å². The van der Waals surface area contributed by atoms with E-state index in [2.05, 4.69) is 50.9 Å². The Morgan fingerprint density at radius 3 is 2.17 bits per heavy atom. The minimum absolute atomic E-state index is 0.226. The molecule has 0 saturated heterocycles. The zero-order valence-electron chi connectivity index (χ0n) is 8.59. The minimum atomic E-state index is 0.226. The average molecular weight is 184 g/mol. The lowest BCUT2D eigenvalue weighted by molar-refractivity contribution is -0.750.